The van der Waals surface area contributed by atoms with E-state index in [4.69, 9.17) is 0 Å². The van der Waals surface area contributed by atoms with Gasteiger partial charge in [0.15, 0.2) is 5.78 Å². The van der Waals surface area contributed by atoms with Crippen LogP contribution in [0.2, 0.25) is 0 Å². The predicted molar refractivity (Wildman–Crippen MR) is 87.3 cm³/mol. The highest BCUT2D eigenvalue weighted by Crippen LogP contribution is 2.27. The van der Waals surface area contributed by atoms with Gasteiger partial charge in [0.05, 0.1) is 0 Å². The number of hydrogen-bond donors (Lipinski definition) is 1. The number of aliphatic hydroxyl groups is 1. The third-order valence-electron chi connectivity index (χ3n) is 4.33. The molecule has 0 amide bonds. The van der Waals surface area contributed by atoms with Gasteiger partial charge in [0, 0.05) is 17.6 Å². The molecule has 2 heteroatoms. The van der Waals surface area contributed by atoms with Crippen molar-refractivity contribution in [3.63, 3.8) is 0 Å². The number of aliphatic hydroxyl groups excluding tert-OH is 1. The van der Waals surface area contributed by atoms with Gasteiger partial charge < -0.3 is 5.11 Å². The number of hydrogen-bond acceptors (Lipinski definition) is 2. The zero-order chi connectivity index (χ0) is 15.5. The lowest BCUT2D eigenvalue weighted by molar-refractivity contribution is -0.119. The Kier molecular flexibility index (Phi) is 4.87. The van der Waals surface area contributed by atoms with Gasteiger partial charge in [-0.2, -0.15) is 0 Å². The molecule has 1 aromatic rings. The number of rotatable bonds is 3. The van der Waals surface area contributed by atoms with Crippen molar-refractivity contribution in [2.75, 3.05) is 0 Å². The highest BCUT2D eigenvalue weighted by atomic mass is 16.3. The maximum Gasteiger partial charge on any atom is 0.162 e. The van der Waals surface area contributed by atoms with Crippen molar-refractivity contribution in [2.45, 2.75) is 58.3 Å². The Bertz CT molecular complexity index is 511. The molecule has 1 saturated carbocycles. The maximum absolute atomic E-state index is 12.2. The fourth-order valence-corrected chi connectivity index (χ4v) is 2.86. The lowest BCUT2D eigenvalue weighted by atomic mass is 9.85. The Hall–Kier alpha value is -1.57. The summed E-state index contributed by atoms with van der Waals surface area (Å²) in [5.41, 5.74) is 2.03. The van der Waals surface area contributed by atoms with Crippen molar-refractivity contribution in [3.05, 3.63) is 41.5 Å². The van der Waals surface area contributed by atoms with Crippen LogP contribution in [0.1, 0.15) is 64.0 Å². The molecule has 1 aliphatic rings. The average Bonchev–Trinajstić information content (AvgIpc) is 2.47. The van der Waals surface area contributed by atoms with Crippen LogP contribution in [-0.2, 0) is 10.2 Å². The monoisotopic (exact) mass is 286 g/mol. The number of benzene rings is 1. The third kappa shape index (κ3) is 4.20. The standard InChI is InChI=1S/C19H26O2/c1-19(2,3)16-11-9-15(10-12-16)18(21)13-17(20)14-7-5-4-6-8-14/h9-14,21H,4-8H2,1-3H3/b18-13-. The van der Waals surface area contributed by atoms with Crippen molar-refractivity contribution >= 4 is 11.5 Å². The second-order valence-corrected chi connectivity index (χ2v) is 7.09. The zero-order valence-corrected chi connectivity index (χ0v) is 13.4. The molecule has 0 heterocycles. The Morgan fingerprint density at radius 3 is 2.19 bits per heavy atom. The molecule has 0 spiro atoms. The van der Waals surface area contributed by atoms with Crippen molar-refractivity contribution in [1.82, 2.24) is 0 Å². The van der Waals surface area contributed by atoms with Crippen molar-refractivity contribution in [1.29, 1.82) is 0 Å². The predicted octanol–water partition coefficient (Wildman–Crippen LogP) is 5.03. The zero-order valence-electron chi connectivity index (χ0n) is 13.4. The number of allylic oxidation sites excluding steroid dienone is 1. The molecule has 1 aromatic carbocycles. The molecule has 0 saturated heterocycles. The molecular formula is C19H26O2. The fraction of sp³-hybridized carbons (Fsp3) is 0.526. The second kappa shape index (κ2) is 6.46. The van der Waals surface area contributed by atoms with Gasteiger partial charge >= 0.3 is 0 Å². The molecule has 0 bridgehead atoms. The first kappa shape index (κ1) is 15.8. The highest BCUT2D eigenvalue weighted by Gasteiger charge is 2.20. The van der Waals surface area contributed by atoms with Crippen LogP contribution < -0.4 is 0 Å². The van der Waals surface area contributed by atoms with E-state index in [0.29, 0.717) is 5.56 Å². The van der Waals surface area contributed by atoms with Gasteiger partial charge in [0.25, 0.3) is 0 Å². The summed E-state index contributed by atoms with van der Waals surface area (Å²) in [6.07, 6.45) is 6.84. The summed E-state index contributed by atoms with van der Waals surface area (Å²) >= 11 is 0. The van der Waals surface area contributed by atoms with Gasteiger partial charge in [-0.3, -0.25) is 4.79 Å². The van der Waals surface area contributed by atoms with Crippen molar-refractivity contribution in [2.24, 2.45) is 5.92 Å². The van der Waals surface area contributed by atoms with E-state index in [0.717, 1.165) is 25.7 Å². The summed E-state index contributed by atoms with van der Waals surface area (Å²) < 4.78 is 0. The van der Waals surface area contributed by atoms with Crippen LogP contribution in [0, 0.1) is 5.92 Å². The van der Waals surface area contributed by atoms with E-state index >= 15 is 0 Å². The Morgan fingerprint density at radius 1 is 1.10 bits per heavy atom. The number of carbonyl (C=O) groups excluding carboxylic acids is 1. The van der Waals surface area contributed by atoms with Gasteiger partial charge in [0.1, 0.15) is 5.76 Å². The summed E-state index contributed by atoms with van der Waals surface area (Å²) in [6.45, 7) is 6.47. The van der Waals surface area contributed by atoms with E-state index in [1.807, 2.05) is 24.3 Å². The van der Waals surface area contributed by atoms with Gasteiger partial charge in [0.2, 0.25) is 0 Å². The Labute approximate surface area is 127 Å². The molecule has 2 nitrogen and oxygen atoms in total. The molecule has 114 valence electrons. The van der Waals surface area contributed by atoms with E-state index in [1.165, 1.54) is 18.1 Å². The average molecular weight is 286 g/mol. The molecule has 1 aliphatic carbocycles. The maximum atomic E-state index is 12.2. The Balaban J connectivity index is 2.09. The lowest BCUT2D eigenvalue weighted by Crippen LogP contribution is -2.16. The van der Waals surface area contributed by atoms with Gasteiger partial charge in [-0.25, -0.2) is 0 Å². The molecule has 0 aromatic heterocycles. The molecule has 0 aliphatic heterocycles. The normalized spacial score (nSPS) is 17.8. The van der Waals surface area contributed by atoms with Crippen LogP contribution in [-0.4, -0.2) is 10.9 Å². The molecule has 0 radical (unpaired) electrons. The molecule has 1 N–H and O–H groups in total. The first-order valence-corrected chi connectivity index (χ1v) is 7.93. The van der Waals surface area contributed by atoms with E-state index in [-0.39, 0.29) is 22.9 Å². The van der Waals surface area contributed by atoms with Crippen LogP contribution in [0.15, 0.2) is 30.3 Å². The van der Waals surface area contributed by atoms with E-state index in [9.17, 15) is 9.90 Å². The van der Waals surface area contributed by atoms with Crippen LogP contribution in [0.5, 0.6) is 0 Å². The lowest BCUT2D eigenvalue weighted by Gasteiger charge is -2.19. The topological polar surface area (TPSA) is 37.3 Å². The summed E-state index contributed by atoms with van der Waals surface area (Å²) in [4.78, 5) is 12.2. The minimum absolute atomic E-state index is 0.0760. The molecule has 21 heavy (non-hydrogen) atoms. The SMILES string of the molecule is CC(C)(C)c1ccc(/C(O)=C/C(=O)C2CCCCC2)cc1. The van der Waals surface area contributed by atoms with Crippen LogP contribution in [0.25, 0.3) is 5.76 Å². The molecule has 2 rings (SSSR count). The second-order valence-electron chi connectivity index (χ2n) is 7.09. The van der Waals surface area contributed by atoms with E-state index in [1.54, 1.807) is 0 Å². The number of ketones is 1. The van der Waals surface area contributed by atoms with Crippen LogP contribution in [0.4, 0.5) is 0 Å². The minimum atomic E-state index is 0.0760. The van der Waals surface area contributed by atoms with Gasteiger partial charge in [-0.1, -0.05) is 64.3 Å². The smallest absolute Gasteiger partial charge is 0.162 e. The molecule has 1 fully saturated rings. The highest BCUT2D eigenvalue weighted by molar-refractivity contribution is 5.97. The van der Waals surface area contributed by atoms with Gasteiger partial charge in [-0.05, 0) is 23.8 Å². The summed E-state index contributed by atoms with van der Waals surface area (Å²) in [5.74, 6) is 0.271. The molecule has 0 unspecified atom stereocenters. The largest absolute Gasteiger partial charge is 0.507 e. The van der Waals surface area contributed by atoms with E-state index < -0.39 is 0 Å². The summed E-state index contributed by atoms with van der Waals surface area (Å²) in [5, 5.41) is 10.2. The summed E-state index contributed by atoms with van der Waals surface area (Å²) in [7, 11) is 0. The first-order valence-electron chi connectivity index (χ1n) is 7.93. The molecule has 0 atom stereocenters. The number of carbonyl (C=O) groups is 1. The minimum Gasteiger partial charge on any atom is -0.507 e. The van der Waals surface area contributed by atoms with Crippen LogP contribution in [0.3, 0.4) is 0 Å². The van der Waals surface area contributed by atoms with Crippen LogP contribution >= 0.6 is 0 Å². The van der Waals surface area contributed by atoms with Crippen molar-refractivity contribution in [3.8, 4) is 0 Å². The summed E-state index contributed by atoms with van der Waals surface area (Å²) in [6, 6.07) is 7.82. The molecular weight excluding hydrogens is 260 g/mol. The quantitative estimate of drug-likeness (QED) is 0.625. The van der Waals surface area contributed by atoms with E-state index in [2.05, 4.69) is 20.8 Å². The fourth-order valence-electron chi connectivity index (χ4n) is 2.86. The van der Waals surface area contributed by atoms with Gasteiger partial charge in [-0.15, -0.1) is 0 Å². The van der Waals surface area contributed by atoms with Crippen molar-refractivity contribution < 1.29 is 9.90 Å². The first-order chi connectivity index (χ1) is 9.88. The third-order valence-corrected chi connectivity index (χ3v) is 4.33. The Morgan fingerprint density at radius 2 is 1.67 bits per heavy atom.